The summed E-state index contributed by atoms with van der Waals surface area (Å²) in [7, 11) is 0. The summed E-state index contributed by atoms with van der Waals surface area (Å²) in [6.07, 6.45) is 2.26. The second-order valence-electron chi connectivity index (χ2n) is 3.85. The first-order valence-electron chi connectivity index (χ1n) is 6.10. The van der Waals surface area contributed by atoms with Gasteiger partial charge in [0.1, 0.15) is 5.25 Å². The Hall–Kier alpha value is -1.57. The number of carbonyl (C=O) groups excluding carboxylic acids is 1. The highest BCUT2D eigenvalue weighted by atomic mass is 32.2. The molecular weight excluding hydrogens is 270 g/mol. The highest BCUT2D eigenvalue weighted by molar-refractivity contribution is 8.00. The average molecular weight is 287 g/mol. The van der Waals surface area contributed by atoms with Crippen LogP contribution in [0.3, 0.4) is 0 Å². The Morgan fingerprint density at radius 2 is 2.16 bits per heavy atom. The molecule has 0 aliphatic heterocycles. The number of ether oxygens (including phenoxy) is 1. The molecule has 1 heterocycles. The maximum Gasteiger partial charge on any atom is 0.342 e. The number of thioether (sulfide) groups is 1. The van der Waals surface area contributed by atoms with E-state index in [-0.39, 0.29) is 11.0 Å². The predicted octanol–water partition coefficient (Wildman–Crippen LogP) is 0.672. The average Bonchev–Trinajstić information content (AvgIpc) is 2.38. The molecule has 0 saturated heterocycles. The van der Waals surface area contributed by atoms with E-state index in [1.165, 1.54) is 0 Å². The van der Waals surface area contributed by atoms with Crippen LogP contribution in [-0.4, -0.2) is 33.0 Å². The first kappa shape index (κ1) is 15.5. The lowest BCUT2D eigenvalue weighted by Crippen LogP contribution is -2.27. The van der Waals surface area contributed by atoms with Gasteiger partial charge in [-0.3, -0.25) is 14.6 Å². The van der Waals surface area contributed by atoms with Gasteiger partial charge >= 0.3 is 11.7 Å². The van der Waals surface area contributed by atoms with Crippen LogP contribution in [0.4, 0.5) is 0 Å². The minimum Gasteiger partial charge on any atom is -0.465 e. The number of hydrogen-bond acceptors (Lipinski definition) is 6. The molecule has 0 aliphatic carbocycles. The molecule has 0 aromatic carbocycles. The van der Waals surface area contributed by atoms with Crippen LogP contribution >= 0.6 is 11.8 Å². The molecule has 1 aromatic heterocycles. The van der Waals surface area contributed by atoms with Gasteiger partial charge in [-0.25, -0.2) is 9.89 Å². The Bertz CT molecular complexity index is 525. The van der Waals surface area contributed by atoms with E-state index < -0.39 is 16.5 Å². The number of unbranched alkanes of at least 4 members (excludes halogenated alkanes) is 1. The summed E-state index contributed by atoms with van der Waals surface area (Å²) in [6, 6.07) is 0. The Labute approximate surface area is 114 Å². The molecule has 1 aromatic rings. The van der Waals surface area contributed by atoms with Crippen LogP contribution in [0.25, 0.3) is 0 Å². The minimum absolute atomic E-state index is 0.0545. The fraction of sp³-hybridized carbons (Fsp3) is 0.636. The van der Waals surface area contributed by atoms with E-state index in [1.54, 1.807) is 0 Å². The van der Waals surface area contributed by atoms with Gasteiger partial charge in [-0.1, -0.05) is 32.0 Å². The summed E-state index contributed by atoms with van der Waals surface area (Å²) in [5.74, 6) is -0.367. The van der Waals surface area contributed by atoms with Gasteiger partial charge in [0.15, 0.2) is 5.03 Å². The largest absolute Gasteiger partial charge is 0.465 e. The quantitative estimate of drug-likeness (QED) is 0.434. The SMILES string of the molecule is CCCCOC(=O)[C@@H](CC)Sc1n[nH]c(=O)[nH]c1=O. The second kappa shape index (κ2) is 7.78. The zero-order valence-electron chi connectivity index (χ0n) is 10.9. The Morgan fingerprint density at radius 1 is 1.42 bits per heavy atom. The topological polar surface area (TPSA) is 105 Å². The van der Waals surface area contributed by atoms with E-state index in [0.717, 1.165) is 24.6 Å². The summed E-state index contributed by atoms with van der Waals surface area (Å²) in [4.78, 5) is 36.1. The zero-order chi connectivity index (χ0) is 14.3. The van der Waals surface area contributed by atoms with Crippen molar-refractivity contribution in [2.45, 2.75) is 43.4 Å². The maximum absolute atomic E-state index is 11.8. The molecular formula is C11H17N3O4S. The van der Waals surface area contributed by atoms with E-state index in [4.69, 9.17) is 4.74 Å². The molecule has 7 nitrogen and oxygen atoms in total. The fourth-order valence-electron chi connectivity index (χ4n) is 1.26. The Balaban J connectivity index is 2.68. The number of H-pyrrole nitrogens is 2. The molecule has 1 atom stereocenters. The lowest BCUT2D eigenvalue weighted by atomic mass is 10.3. The van der Waals surface area contributed by atoms with Crippen LogP contribution in [-0.2, 0) is 9.53 Å². The normalized spacial score (nSPS) is 12.1. The standard InChI is InChI=1S/C11H17N3O4S/c1-3-5-6-18-10(16)7(4-2)19-9-8(15)12-11(17)14-13-9/h7H,3-6H2,1-2H3,(H2,12,14,15,17)/t7-/m1/s1. The third-order valence-electron chi connectivity index (χ3n) is 2.31. The van der Waals surface area contributed by atoms with Crippen molar-refractivity contribution >= 4 is 17.7 Å². The Morgan fingerprint density at radius 3 is 2.74 bits per heavy atom. The summed E-state index contributed by atoms with van der Waals surface area (Å²) < 4.78 is 5.10. The van der Waals surface area contributed by atoms with Crippen LogP contribution in [0.2, 0.25) is 0 Å². The maximum atomic E-state index is 11.8. The highest BCUT2D eigenvalue weighted by Gasteiger charge is 2.21. The van der Waals surface area contributed by atoms with Gasteiger partial charge in [0.2, 0.25) is 0 Å². The number of aromatic nitrogens is 3. The molecule has 0 amide bonds. The first-order chi connectivity index (χ1) is 9.08. The minimum atomic E-state index is -0.673. The number of carbonyl (C=O) groups is 1. The molecule has 0 bridgehead atoms. The summed E-state index contributed by atoms with van der Waals surface area (Å²) in [6.45, 7) is 4.20. The molecule has 8 heteroatoms. The predicted molar refractivity (Wildman–Crippen MR) is 71.3 cm³/mol. The molecule has 0 aliphatic rings. The first-order valence-corrected chi connectivity index (χ1v) is 6.98. The van der Waals surface area contributed by atoms with Crippen LogP contribution in [0.5, 0.6) is 0 Å². The van der Waals surface area contributed by atoms with Crippen molar-refractivity contribution in [3.05, 3.63) is 20.8 Å². The second-order valence-corrected chi connectivity index (χ2v) is 5.04. The van der Waals surface area contributed by atoms with Crippen LogP contribution in [0.1, 0.15) is 33.1 Å². The monoisotopic (exact) mass is 287 g/mol. The summed E-state index contributed by atoms with van der Waals surface area (Å²) >= 11 is 0.991. The van der Waals surface area contributed by atoms with Crippen molar-refractivity contribution in [3.63, 3.8) is 0 Å². The molecule has 0 radical (unpaired) electrons. The number of aromatic amines is 2. The van der Waals surface area contributed by atoms with E-state index in [1.807, 2.05) is 13.8 Å². The number of esters is 1. The van der Waals surface area contributed by atoms with Gasteiger partial charge < -0.3 is 4.74 Å². The lowest BCUT2D eigenvalue weighted by Gasteiger charge is -2.12. The number of nitrogens with one attached hydrogen (secondary N) is 2. The van der Waals surface area contributed by atoms with Crippen molar-refractivity contribution in [1.82, 2.24) is 15.2 Å². The van der Waals surface area contributed by atoms with Crippen molar-refractivity contribution in [2.24, 2.45) is 0 Å². The van der Waals surface area contributed by atoms with E-state index in [0.29, 0.717) is 13.0 Å². The van der Waals surface area contributed by atoms with Gasteiger partial charge in [0.25, 0.3) is 5.56 Å². The number of hydrogen-bond donors (Lipinski definition) is 2. The third kappa shape index (κ3) is 4.90. The highest BCUT2D eigenvalue weighted by Crippen LogP contribution is 2.21. The number of rotatable bonds is 7. The molecule has 0 fully saturated rings. The van der Waals surface area contributed by atoms with Crippen molar-refractivity contribution in [3.8, 4) is 0 Å². The van der Waals surface area contributed by atoms with Crippen LogP contribution in [0.15, 0.2) is 14.6 Å². The van der Waals surface area contributed by atoms with Gasteiger partial charge in [0, 0.05) is 0 Å². The molecule has 106 valence electrons. The van der Waals surface area contributed by atoms with E-state index in [2.05, 4.69) is 15.2 Å². The Kier molecular flexibility index (Phi) is 6.34. The van der Waals surface area contributed by atoms with E-state index >= 15 is 0 Å². The third-order valence-corrected chi connectivity index (χ3v) is 3.62. The van der Waals surface area contributed by atoms with Crippen LogP contribution in [0, 0.1) is 0 Å². The molecule has 1 rings (SSSR count). The van der Waals surface area contributed by atoms with Gasteiger partial charge in [-0.05, 0) is 12.8 Å². The molecule has 0 saturated carbocycles. The summed E-state index contributed by atoms with van der Waals surface area (Å²) in [5, 5.41) is 5.30. The smallest absolute Gasteiger partial charge is 0.342 e. The van der Waals surface area contributed by atoms with Crippen molar-refractivity contribution in [2.75, 3.05) is 6.61 Å². The zero-order valence-corrected chi connectivity index (χ0v) is 11.7. The van der Waals surface area contributed by atoms with E-state index in [9.17, 15) is 14.4 Å². The lowest BCUT2D eigenvalue weighted by molar-refractivity contribution is -0.143. The van der Waals surface area contributed by atoms with Crippen molar-refractivity contribution in [1.29, 1.82) is 0 Å². The molecule has 2 N–H and O–H groups in total. The fourth-order valence-corrected chi connectivity index (χ4v) is 2.12. The number of nitrogens with zero attached hydrogens (tertiary/aromatic N) is 1. The van der Waals surface area contributed by atoms with Crippen LogP contribution < -0.4 is 11.2 Å². The van der Waals surface area contributed by atoms with Gasteiger partial charge in [0.05, 0.1) is 6.61 Å². The molecule has 19 heavy (non-hydrogen) atoms. The molecule has 0 unspecified atom stereocenters. The van der Waals surface area contributed by atoms with Crippen molar-refractivity contribution < 1.29 is 9.53 Å². The summed E-state index contributed by atoms with van der Waals surface area (Å²) in [5.41, 5.74) is -1.28. The molecule has 0 spiro atoms. The van der Waals surface area contributed by atoms with Gasteiger partial charge in [-0.2, -0.15) is 5.10 Å². The van der Waals surface area contributed by atoms with Gasteiger partial charge in [-0.15, -0.1) is 0 Å².